The first-order valence-electron chi connectivity index (χ1n) is 10.1. The molecule has 2 heterocycles. The van der Waals surface area contributed by atoms with Gasteiger partial charge in [0.2, 0.25) is 5.91 Å². The zero-order chi connectivity index (χ0) is 23.0. The molecule has 0 fully saturated rings. The number of thiazole rings is 1. The molecule has 0 saturated carbocycles. The van der Waals surface area contributed by atoms with Crippen LogP contribution in [0.25, 0.3) is 0 Å². The molecule has 12 heteroatoms. The van der Waals surface area contributed by atoms with Gasteiger partial charge in [-0.25, -0.2) is 9.78 Å². The number of anilines is 2. The topological polar surface area (TPSA) is 155 Å². The molecule has 2 amide bonds. The van der Waals surface area contributed by atoms with Crippen molar-refractivity contribution in [2.45, 2.75) is 53.0 Å². The number of nitrogen functional groups attached to an aromatic ring is 1. The average Bonchev–Trinajstić information content (AvgIpc) is 3.10. The van der Waals surface area contributed by atoms with Gasteiger partial charge in [-0.05, 0) is 19.8 Å². The van der Waals surface area contributed by atoms with Crippen molar-refractivity contribution < 1.29 is 9.59 Å². The van der Waals surface area contributed by atoms with Crippen molar-refractivity contribution in [2.75, 3.05) is 23.7 Å². The fourth-order valence-corrected chi connectivity index (χ4v) is 3.75. The van der Waals surface area contributed by atoms with Crippen LogP contribution in [0, 0.1) is 6.92 Å². The summed E-state index contributed by atoms with van der Waals surface area (Å²) in [6.07, 6.45) is 2.25. The van der Waals surface area contributed by atoms with Gasteiger partial charge in [0.15, 0.2) is 0 Å². The van der Waals surface area contributed by atoms with Crippen LogP contribution in [0.15, 0.2) is 15.0 Å². The molecule has 31 heavy (non-hydrogen) atoms. The zero-order valence-corrected chi connectivity index (χ0v) is 18.8. The normalized spacial score (nSPS) is 10.7. The van der Waals surface area contributed by atoms with E-state index in [1.807, 2.05) is 26.2 Å². The monoisotopic (exact) mass is 451 g/mol. The highest BCUT2D eigenvalue weighted by molar-refractivity contribution is 7.09. The Hall–Kier alpha value is -3.15. The van der Waals surface area contributed by atoms with Crippen LogP contribution >= 0.6 is 11.3 Å². The maximum Gasteiger partial charge on any atom is 0.330 e. The van der Waals surface area contributed by atoms with Gasteiger partial charge in [0.05, 0.1) is 13.0 Å². The van der Waals surface area contributed by atoms with Crippen LogP contribution in [0.3, 0.4) is 0 Å². The number of rotatable bonds is 10. The Morgan fingerprint density at radius 1 is 1.23 bits per heavy atom. The maximum absolute atomic E-state index is 12.5. The fourth-order valence-electron chi connectivity index (χ4n) is 2.98. The molecule has 0 aliphatic rings. The second-order valence-corrected chi connectivity index (χ2v) is 8.02. The predicted octanol–water partition coefficient (Wildman–Crippen LogP) is 0.290. The number of hydrogen-bond donors (Lipinski definition) is 4. The number of amides is 2. The molecule has 2 aromatic heterocycles. The highest BCUT2D eigenvalue weighted by Gasteiger charge is 2.21. The Kier molecular flexibility index (Phi) is 8.79. The van der Waals surface area contributed by atoms with E-state index in [0.29, 0.717) is 30.9 Å². The van der Waals surface area contributed by atoms with Crippen LogP contribution in [0.1, 0.15) is 43.8 Å². The van der Waals surface area contributed by atoms with Gasteiger partial charge >= 0.3 is 5.69 Å². The molecular weight excluding hydrogens is 422 g/mol. The molecule has 0 aromatic carbocycles. The van der Waals surface area contributed by atoms with Crippen LogP contribution in [0.5, 0.6) is 0 Å². The van der Waals surface area contributed by atoms with Crippen molar-refractivity contribution in [3.8, 4) is 0 Å². The number of hydrogen-bond acceptors (Lipinski definition) is 8. The lowest BCUT2D eigenvalue weighted by molar-refractivity contribution is -0.127. The summed E-state index contributed by atoms with van der Waals surface area (Å²) in [5.41, 5.74) is 10.5. The van der Waals surface area contributed by atoms with Crippen molar-refractivity contribution in [1.82, 2.24) is 25.4 Å². The number of nitrogens with zero attached hydrogens (tertiary/aromatic N) is 3. The Balaban J connectivity index is 2.09. The van der Waals surface area contributed by atoms with Crippen molar-refractivity contribution >= 4 is 34.7 Å². The van der Waals surface area contributed by atoms with E-state index in [0.717, 1.165) is 12.1 Å². The van der Waals surface area contributed by atoms with Gasteiger partial charge < -0.3 is 10.6 Å². The van der Waals surface area contributed by atoms with Gasteiger partial charge in [-0.1, -0.05) is 20.3 Å². The van der Waals surface area contributed by atoms with E-state index >= 15 is 0 Å². The lowest BCUT2D eigenvalue weighted by atomic mass is 10.3. The molecule has 0 aliphatic heterocycles. The van der Waals surface area contributed by atoms with E-state index in [9.17, 15) is 19.2 Å². The van der Waals surface area contributed by atoms with E-state index in [4.69, 9.17) is 5.73 Å². The van der Waals surface area contributed by atoms with Crippen LogP contribution in [0.2, 0.25) is 0 Å². The lowest BCUT2D eigenvalue weighted by Crippen LogP contribution is -2.48. The van der Waals surface area contributed by atoms with Crippen molar-refractivity contribution in [2.24, 2.45) is 0 Å². The smallest absolute Gasteiger partial charge is 0.330 e. The standard InChI is InChI=1S/C19H29N7O4S/c1-4-6-8-26-17(20)16(18(29)22-19(26)30)25(7-5-2)10-14(28)24-23-13(27)9-15-21-12(3)11-31-15/h11H,4-10,20H2,1-3H3,(H,23,27)(H,24,28)(H,22,29,30). The number of aromatic amines is 1. The number of H-pyrrole nitrogens is 1. The number of carbonyl (C=O) groups excluding carboxylic acids is 2. The van der Waals surface area contributed by atoms with E-state index in [-0.39, 0.29) is 24.5 Å². The number of unbranched alkanes of at least 4 members (excludes halogenated alkanes) is 1. The molecule has 0 unspecified atom stereocenters. The van der Waals surface area contributed by atoms with Crippen molar-refractivity contribution in [1.29, 1.82) is 0 Å². The molecule has 0 bridgehead atoms. The summed E-state index contributed by atoms with van der Waals surface area (Å²) in [4.78, 5) is 57.0. The summed E-state index contributed by atoms with van der Waals surface area (Å²) in [7, 11) is 0. The molecule has 0 spiro atoms. The third-order valence-corrected chi connectivity index (χ3v) is 5.38. The number of aromatic nitrogens is 3. The first-order valence-corrected chi connectivity index (χ1v) is 11.0. The zero-order valence-electron chi connectivity index (χ0n) is 18.0. The Labute approximate surface area is 183 Å². The summed E-state index contributed by atoms with van der Waals surface area (Å²) < 4.78 is 1.30. The molecule has 5 N–H and O–H groups in total. The summed E-state index contributed by atoms with van der Waals surface area (Å²) in [6.45, 7) is 6.21. The SMILES string of the molecule is CCCCn1c(N)c(N(CCC)CC(=O)NNC(=O)Cc2nc(C)cs2)c(=O)[nH]c1=O. The Morgan fingerprint density at radius 2 is 1.94 bits per heavy atom. The highest BCUT2D eigenvalue weighted by Crippen LogP contribution is 2.17. The van der Waals surface area contributed by atoms with Crippen molar-refractivity contribution in [3.05, 3.63) is 36.9 Å². The quantitative estimate of drug-likeness (QED) is 0.378. The second kappa shape index (κ2) is 11.3. The summed E-state index contributed by atoms with van der Waals surface area (Å²) >= 11 is 1.36. The fraction of sp³-hybridized carbons (Fsp3) is 0.526. The second-order valence-electron chi connectivity index (χ2n) is 7.08. The van der Waals surface area contributed by atoms with Crippen molar-refractivity contribution in [3.63, 3.8) is 0 Å². The lowest BCUT2D eigenvalue weighted by Gasteiger charge is -2.25. The maximum atomic E-state index is 12.5. The molecule has 0 aliphatic carbocycles. The minimum absolute atomic E-state index is 0.0200. The molecule has 0 atom stereocenters. The number of nitrogens with one attached hydrogen (secondary N) is 3. The van der Waals surface area contributed by atoms with E-state index < -0.39 is 23.1 Å². The number of carbonyl (C=O) groups is 2. The van der Waals surface area contributed by atoms with Crippen LogP contribution in [-0.4, -0.2) is 39.4 Å². The molecule has 2 aromatic rings. The molecular formula is C19H29N7O4S. The number of hydrazine groups is 1. The summed E-state index contributed by atoms with van der Waals surface area (Å²) in [6, 6.07) is 0. The Morgan fingerprint density at radius 3 is 2.55 bits per heavy atom. The number of aryl methyl sites for hydroxylation is 1. The molecule has 0 saturated heterocycles. The summed E-state index contributed by atoms with van der Waals surface area (Å²) in [5.74, 6) is -0.913. The van der Waals surface area contributed by atoms with Gasteiger partial charge in [0.1, 0.15) is 16.5 Å². The minimum Gasteiger partial charge on any atom is -0.383 e. The largest absolute Gasteiger partial charge is 0.383 e. The van der Waals surface area contributed by atoms with E-state index in [1.54, 1.807) is 0 Å². The molecule has 0 radical (unpaired) electrons. The average molecular weight is 452 g/mol. The van der Waals surface area contributed by atoms with Gasteiger partial charge in [-0.15, -0.1) is 11.3 Å². The van der Waals surface area contributed by atoms with Crippen LogP contribution in [-0.2, 0) is 22.6 Å². The third-order valence-electron chi connectivity index (χ3n) is 4.41. The minimum atomic E-state index is -0.653. The third kappa shape index (κ3) is 6.67. The first kappa shape index (κ1) is 24.1. The highest BCUT2D eigenvalue weighted by atomic mass is 32.1. The molecule has 2 rings (SSSR count). The first-order chi connectivity index (χ1) is 14.8. The van der Waals surface area contributed by atoms with Gasteiger partial charge in [0.25, 0.3) is 11.5 Å². The number of nitrogens with two attached hydrogens (primary N) is 1. The Bertz CT molecular complexity index is 1030. The van der Waals surface area contributed by atoms with E-state index in [2.05, 4.69) is 20.8 Å². The summed E-state index contributed by atoms with van der Waals surface area (Å²) in [5, 5.41) is 2.48. The molecule has 170 valence electrons. The van der Waals surface area contributed by atoms with Crippen LogP contribution < -0.4 is 32.7 Å². The molecule has 11 nitrogen and oxygen atoms in total. The van der Waals surface area contributed by atoms with Gasteiger partial charge in [-0.2, -0.15) is 0 Å². The van der Waals surface area contributed by atoms with Crippen LogP contribution in [0.4, 0.5) is 11.5 Å². The van der Waals surface area contributed by atoms with Gasteiger partial charge in [0, 0.05) is 24.2 Å². The van der Waals surface area contributed by atoms with Gasteiger partial charge in [-0.3, -0.25) is 34.8 Å². The predicted molar refractivity (Wildman–Crippen MR) is 120 cm³/mol. The van der Waals surface area contributed by atoms with E-state index in [1.165, 1.54) is 20.8 Å².